The van der Waals surface area contributed by atoms with E-state index >= 15 is 0 Å². The lowest BCUT2D eigenvalue weighted by Gasteiger charge is -2.25. The van der Waals surface area contributed by atoms with Gasteiger partial charge in [-0.1, -0.05) is 44.2 Å². The van der Waals surface area contributed by atoms with Crippen LogP contribution in [-0.2, 0) is 35.2 Å². The first kappa shape index (κ1) is 36.5. The van der Waals surface area contributed by atoms with Crippen LogP contribution in [0.2, 0.25) is 0 Å². The second kappa shape index (κ2) is 18.9. The standard InChI is InChI=1S/C30H47N7O6S/c1-18(2)15-23(37-28(41)21-11-8-13-32-21)30(43)36-22(12-14-44-4)27(40)33-17-25(38)35-24(16-20-9-6-5-7-10-20)29(42)34-19(3)26(31)39/h5-7,9-10,18-19,21-24,32H,8,11-17H2,1-4H3,(H2,31,39)(H,33,40)(H,34,42)(H,35,38)(H,36,43)(H,37,41). The lowest BCUT2D eigenvalue weighted by Crippen LogP contribution is -2.57. The number of primary amides is 1. The number of thioether (sulfide) groups is 1. The molecule has 2 rings (SSSR count). The summed E-state index contributed by atoms with van der Waals surface area (Å²) in [6.07, 6.45) is 4.29. The summed E-state index contributed by atoms with van der Waals surface area (Å²) in [6, 6.07) is 4.90. The molecule has 8 N–H and O–H groups in total. The number of rotatable bonds is 18. The van der Waals surface area contributed by atoms with E-state index < -0.39 is 60.2 Å². The van der Waals surface area contributed by atoms with E-state index in [-0.39, 0.29) is 24.3 Å². The van der Waals surface area contributed by atoms with Gasteiger partial charge < -0.3 is 37.6 Å². The van der Waals surface area contributed by atoms with Gasteiger partial charge in [-0.25, -0.2) is 0 Å². The highest BCUT2D eigenvalue weighted by Crippen LogP contribution is 2.10. The monoisotopic (exact) mass is 633 g/mol. The van der Waals surface area contributed by atoms with Gasteiger partial charge in [-0.2, -0.15) is 11.8 Å². The van der Waals surface area contributed by atoms with E-state index in [9.17, 15) is 28.8 Å². The van der Waals surface area contributed by atoms with Gasteiger partial charge in [-0.05, 0) is 62.6 Å². The molecule has 1 saturated heterocycles. The summed E-state index contributed by atoms with van der Waals surface area (Å²) in [5.74, 6) is -2.57. The van der Waals surface area contributed by atoms with E-state index in [2.05, 4.69) is 31.9 Å². The van der Waals surface area contributed by atoms with Gasteiger partial charge in [-0.15, -0.1) is 0 Å². The molecular weight excluding hydrogens is 586 g/mol. The third-order valence-electron chi connectivity index (χ3n) is 7.10. The summed E-state index contributed by atoms with van der Waals surface area (Å²) < 4.78 is 0. The molecule has 244 valence electrons. The minimum Gasteiger partial charge on any atom is -0.368 e. The Morgan fingerprint density at radius 3 is 2.18 bits per heavy atom. The molecule has 1 fully saturated rings. The first-order valence-corrected chi connectivity index (χ1v) is 16.3. The van der Waals surface area contributed by atoms with Crippen molar-refractivity contribution in [2.24, 2.45) is 11.7 Å². The number of amides is 6. The molecule has 1 aliphatic heterocycles. The molecular formula is C30H47N7O6S. The number of benzene rings is 1. The van der Waals surface area contributed by atoms with Crippen molar-refractivity contribution in [3.63, 3.8) is 0 Å². The molecule has 1 aromatic carbocycles. The van der Waals surface area contributed by atoms with Crippen LogP contribution < -0.4 is 37.6 Å². The Balaban J connectivity index is 2.05. The van der Waals surface area contributed by atoms with Gasteiger partial charge in [0.25, 0.3) is 0 Å². The normalized spacial score (nSPS) is 17.1. The first-order valence-electron chi connectivity index (χ1n) is 14.9. The number of carbonyl (C=O) groups excluding carboxylic acids is 6. The van der Waals surface area contributed by atoms with Crippen LogP contribution in [0.1, 0.15) is 52.0 Å². The lowest BCUT2D eigenvalue weighted by atomic mass is 10.0. The fraction of sp³-hybridized carbons (Fsp3) is 0.600. The Bertz CT molecular complexity index is 1130. The summed E-state index contributed by atoms with van der Waals surface area (Å²) >= 11 is 1.50. The smallest absolute Gasteiger partial charge is 0.243 e. The van der Waals surface area contributed by atoms with Crippen molar-refractivity contribution in [2.45, 2.75) is 83.1 Å². The van der Waals surface area contributed by atoms with Crippen LogP contribution in [0.4, 0.5) is 0 Å². The molecule has 1 aliphatic rings. The van der Waals surface area contributed by atoms with Crippen molar-refractivity contribution in [3.8, 4) is 0 Å². The van der Waals surface area contributed by atoms with E-state index in [1.165, 1.54) is 18.7 Å². The highest BCUT2D eigenvalue weighted by molar-refractivity contribution is 7.98. The van der Waals surface area contributed by atoms with Crippen LogP contribution in [0.5, 0.6) is 0 Å². The highest BCUT2D eigenvalue weighted by Gasteiger charge is 2.31. The second-order valence-corrected chi connectivity index (χ2v) is 12.3. The Morgan fingerprint density at radius 1 is 0.909 bits per heavy atom. The highest BCUT2D eigenvalue weighted by atomic mass is 32.2. The maximum atomic E-state index is 13.3. The van der Waals surface area contributed by atoms with Crippen LogP contribution in [0.3, 0.4) is 0 Å². The van der Waals surface area contributed by atoms with E-state index in [0.29, 0.717) is 25.0 Å². The molecule has 0 aliphatic carbocycles. The number of nitrogens with two attached hydrogens (primary N) is 1. The number of carbonyl (C=O) groups is 6. The maximum Gasteiger partial charge on any atom is 0.243 e. The van der Waals surface area contributed by atoms with Crippen LogP contribution in [-0.4, -0.2) is 90.8 Å². The predicted molar refractivity (Wildman–Crippen MR) is 169 cm³/mol. The number of hydrogen-bond acceptors (Lipinski definition) is 8. The molecule has 6 amide bonds. The third kappa shape index (κ3) is 12.9. The van der Waals surface area contributed by atoms with E-state index in [1.54, 1.807) is 24.3 Å². The largest absolute Gasteiger partial charge is 0.368 e. The topological polar surface area (TPSA) is 201 Å². The zero-order valence-electron chi connectivity index (χ0n) is 25.9. The number of hydrogen-bond donors (Lipinski definition) is 7. The lowest BCUT2D eigenvalue weighted by molar-refractivity contribution is -0.133. The Kier molecular flexibility index (Phi) is 15.7. The predicted octanol–water partition coefficient (Wildman–Crippen LogP) is -0.659. The minimum atomic E-state index is -1.04. The Hall–Kier alpha value is -3.65. The summed E-state index contributed by atoms with van der Waals surface area (Å²) in [7, 11) is 0. The zero-order chi connectivity index (χ0) is 32.6. The van der Waals surface area contributed by atoms with Crippen LogP contribution in [0.15, 0.2) is 30.3 Å². The fourth-order valence-electron chi connectivity index (χ4n) is 4.64. The van der Waals surface area contributed by atoms with Crippen molar-refractivity contribution in [3.05, 3.63) is 35.9 Å². The molecule has 13 nitrogen and oxygen atoms in total. The maximum absolute atomic E-state index is 13.3. The van der Waals surface area contributed by atoms with Crippen molar-refractivity contribution in [1.29, 1.82) is 0 Å². The van der Waals surface area contributed by atoms with E-state index in [4.69, 9.17) is 5.73 Å². The summed E-state index contributed by atoms with van der Waals surface area (Å²) in [5, 5.41) is 16.4. The van der Waals surface area contributed by atoms with Crippen LogP contribution in [0.25, 0.3) is 0 Å². The molecule has 5 atom stereocenters. The van der Waals surface area contributed by atoms with Gasteiger partial charge >= 0.3 is 0 Å². The SMILES string of the molecule is CSCCC(NC(=O)C(CC(C)C)NC(=O)C1CCCN1)C(=O)NCC(=O)NC(Cc1ccccc1)C(=O)NC(C)C(N)=O. The van der Waals surface area contributed by atoms with Crippen molar-refractivity contribution in [2.75, 3.05) is 25.1 Å². The van der Waals surface area contributed by atoms with Crippen LogP contribution >= 0.6 is 11.8 Å². The van der Waals surface area contributed by atoms with E-state index in [1.807, 2.05) is 26.2 Å². The fourth-order valence-corrected chi connectivity index (χ4v) is 5.11. The summed E-state index contributed by atoms with van der Waals surface area (Å²) in [5.41, 5.74) is 6.04. The third-order valence-corrected chi connectivity index (χ3v) is 7.75. The quantitative estimate of drug-likeness (QED) is 0.110. The van der Waals surface area contributed by atoms with Crippen molar-refractivity contribution in [1.82, 2.24) is 31.9 Å². The van der Waals surface area contributed by atoms with Gasteiger partial charge in [0.05, 0.1) is 12.6 Å². The average Bonchev–Trinajstić information content (AvgIpc) is 3.53. The molecule has 1 heterocycles. The molecule has 44 heavy (non-hydrogen) atoms. The molecule has 5 unspecified atom stereocenters. The zero-order valence-corrected chi connectivity index (χ0v) is 26.8. The molecule has 0 bridgehead atoms. The molecule has 0 radical (unpaired) electrons. The molecule has 0 saturated carbocycles. The molecule has 1 aromatic rings. The molecule has 0 aromatic heterocycles. The van der Waals surface area contributed by atoms with Gasteiger partial charge in [-0.3, -0.25) is 28.8 Å². The summed E-state index contributed by atoms with van der Waals surface area (Å²) in [4.78, 5) is 76.4. The van der Waals surface area contributed by atoms with Gasteiger partial charge in [0.2, 0.25) is 35.4 Å². The van der Waals surface area contributed by atoms with Crippen LogP contribution in [0, 0.1) is 5.92 Å². The Morgan fingerprint density at radius 2 is 1.59 bits per heavy atom. The molecule has 0 spiro atoms. The van der Waals surface area contributed by atoms with Crippen molar-refractivity contribution < 1.29 is 28.8 Å². The first-order chi connectivity index (χ1) is 20.9. The Labute approximate surface area is 263 Å². The second-order valence-electron chi connectivity index (χ2n) is 11.3. The average molecular weight is 634 g/mol. The van der Waals surface area contributed by atoms with Gasteiger partial charge in [0.1, 0.15) is 24.2 Å². The van der Waals surface area contributed by atoms with Gasteiger partial charge in [0, 0.05) is 6.42 Å². The summed E-state index contributed by atoms with van der Waals surface area (Å²) in [6.45, 7) is 5.61. The molecule has 14 heteroatoms. The number of nitrogens with one attached hydrogen (secondary N) is 6. The van der Waals surface area contributed by atoms with E-state index in [0.717, 1.165) is 18.5 Å². The minimum absolute atomic E-state index is 0.108. The van der Waals surface area contributed by atoms with Crippen molar-refractivity contribution >= 4 is 47.2 Å². The van der Waals surface area contributed by atoms with Gasteiger partial charge in [0.15, 0.2) is 0 Å².